The van der Waals surface area contributed by atoms with Gasteiger partial charge >= 0.3 is 0 Å². The topological polar surface area (TPSA) is 48.1 Å². The highest BCUT2D eigenvalue weighted by Gasteiger charge is 2.13. The number of ether oxygens (including phenoxy) is 1. The van der Waals surface area contributed by atoms with Crippen LogP contribution in [-0.2, 0) is 6.61 Å². The van der Waals surface area contributed by atoms with Crippen LogP contribution in [0.5, 0.6) is 5.75 Å². The predicted octanol–water partition coefficient (Wildman–Crippen LogP) is 5.48. The van der Waals surface area contributed by atoms with Crippen LogP contribution in [0.4, 0.5) is 5.13 Å². The summed E-state index contributed by atoms with van der Waals surface area (Å²) in [5.41, 5.74) is 10.2. The van der Waals surface area contributed by atoms with Crippen molar-refractivity contribution in [1.82, 2.24) is 4.98 Å². The highest BCUT2D eigenvalue weighted by atomic mass is 32.1. The minimum atomic E-state index is 0.423. The van der Waals surface area contributed by atoms with Crippen LogP contribution in [0.3, 0.4) is 0 Å². The first kappa shape index (κ1) is 16.5. The standard InChI is InChI=1S/C20H22N2OS/c1-3-14(2)17-11-16(18-13-24-20(21)22-18)9-10-19(17)23-12-15-7-5-4-6-8-15/h4-11,13-14H,3,12H2,1-2H3,(H2,21,22)/t14-/m0/s1. The molecule has 3 nitrogen and oxygen atoms in total. The predicted molar refractivity (Wildman–Crippen MR) is 101 cm³/mol. The Bertz CT molecular complexity index is 798. The Kier molecular flexibility index (Phi) is 5.16. The van der Waals surface area contributed by atoms with Gasteiger partial charge < -0.3 is 10.5 Å². The molecule has 0 unspecified atom stereocenters. The van der Waals surface area contributed by atoms with Crippen molar-refractivity contribution in [2.45, 2.75) is 32.8 Å². The van der Waals surface area contributed by atoms with Gasteiger partial charge in [0.15, 0.2) is 5.13 Å². The lowest BCUT2D eigenvalue weighted by atomic mass is 9.95. The third kappa shape index (κ3) is 3.77. The van der Waals surface area contributed by atoms with Crippen LogP contribution in [0.2, 0.25) is 0 Å². The maximum Gasteiger partial charge on any atom is 0.180 e. The van der Waals surface area contributed by atoms with E-state index in [-0.39, 0.29) is 0 Å². The van der Waals surface area contributed by atoms with E-state index in [1.54, 1.807) is 0 Å². The number of hydrogen-bond acceptors (Lipinski definition) is 4. The zero-order valence-electron chi connectivity index (χ0n) is 14.0. The van der Waals surface area contributed by atoms with Crippen LogP contribution >= 0.6 is 11.3 Å². The Balaban J connectivity index is 1.87. The Hall–Kier alpha value is -2.33. The summed E-state index contributed by atoms with van der Waals surface area (Å²) < 4.78 is 6.10. The molecule has 0 bridgehead atoms. The van der Waals surface area contributed by atoms with Crippen LogP contribution in [-0.4, -0.2) is 4.98 Å². The van der Waals surface area contributed by atoms with Crippen LogP contribution in [0.25, 0.3) is 11.3 Å². The van der Waals surface area contributed by atoms with Gasteiger partial charge in [0.1, 0.15) is 12.4 Å². The number of rotatable bonds is 6. The summed E-state index contributed by atoms with van der Waals surface area (Å²) >= 11 is 1.47. The van der Waals surface area contributed by atoms with Gasteiger partial charge in [-0.3, -0.25) is 0 Å². The highest BCUT2D eigenvalue weighted by Crippen LogP contribution is 2.34. The largest absolute Gasteiger partial charge is 0.489 e. The normalized spacial score (nSPS) is 12.1. The molecule has 3 rings (SSSR count). The van der Waals surface area contributed by atoms with Gasteiger partial charge in [-0.25, -0.2) is 4.98 Å². The molecule has 24 heavy (non-hydrogen) atoms. The van der Waals surface area contributed by atoms with Crippen molar-refractivity contribution in [3.63, 3.8) is 0 Å². The molecule has 1 heterocycles. The van der Waals surface area contributed by atoms with Crippen molar-refractivity contribution in [3.8, 4) is 17.0 Å². The molecule has 0 amide bonds. The molecule has 0 aliphatic rings. The molecule has 0 spiro atoms. The number of nitrogens with two attached hydrogens (primary N) is 1. The molecule has 0 aliphatic heterocycles. The molecule has 2 aromatic carbocycles. The lowest BCUT2D eigenvalue weighted by molar-refractivity contribution is 0.301. The van der Waals surface area contributed by atoms with E-state index in [4.69, 9.17) is 10.5 Å². The summed E-state index contributed by atoms with van der Waals surface area (Å²) in [6, 6.07) is 16.5. The summed E-state index contributed by atoms with van der Waals surface area (Å²) in [5, 5.41) is 2.59. The summed E-state index contributed by atoms with van der Waals surface area (Å²) in [7, 11) is 0. The van der Waals surface area contributed by atoms with Crippen molar-refractivity contribution >= 4 is 16.5 Å². The van der Waals surface area contributed by atoms with E-state index in [2.05, 4.69) is 49.2 Å². The number of hydrogen-bond donors (Lipinski definition) is 1. The van der Waals surface area contributed by atoms with E-state index in [9.17, 15) is 0 Å². The van der Waals surface area contributed by atoms with Gasteiger partial charge in [0.25, 0.3) is 0 Å². The molecular formula is C20H22N2OS. The average molecular weight is 338 g/mol. The summed E-state index contributed by atoms with van der Waals surface area (Å²) in [6.07, 6.45) is 1.06. The maximum absolute atomic E-state index is 6.10. The lowest BCUT2D eigenvalue weighted by Crippen LogP contribution is -2.01. The Morgan fingerprint density at radius 3 is 2.62 bits per heavy atom. The first-order valence-corrected chi connectivity index (χ1v) is 9.07. The molecule has 1 atom stereocenters. The van der Waals surface area contributed by atoms with Gasteiger partial charge in [0, 0.05) is 10.9 Å². The van der Waals surface area contributed by atoms with E-state index in [1.165, 1.54) is 22.5 Å². The van der Waals surface area contributed by atoms with Crippen LogP contribution in [0, 0.1) is 0 Å². The first-order chi connectivity index (χ1) is 11.7. The van der Waals surface area contributed by atoms with E-state index in [0.717, 1.165) is 23.4 Å². The minimum absolute atomic E-state index is 0.423. The van der Waals surface area contributed by atoms with E-state index in [0.29, 0.717) is 17.7 Å². The van der Waals surface area contributed by atoms with Crippen LogP contribution < -0.4 is 10.5 Å². The van der Waals surface area contributed by atoms with Gasteiger partial charge in [-0.1, -0.05) is 44.2 Å². The number of thiazole rings is 1. The molecule has 124 valence electrons. The summed E-state index contributed by atoms with van der Waals surface area (Å²) in [6.45, 7) is 5.00. The number of anilines is 1. The third-order valence-electron chi connectivity index (χ3n) is 4.21. The molecule has 0 saturated heterocycles. The van der Waals surface area contributed by atoms with Gasteiger partial charge in [0.05, 0.1) is 5.69 Å². The maximum atomic E-state index is 6.10. The zero-order valence-corrected chi connectivity index (χ0v) is 14.8. The SMILES string of the molecule is CC[C@H](C)c1cc(-c2csc(N)n2)ccc1OCc1ccccc1. The molecule has 3 aromatic rings. The minimum Gasteiger partial charge on any atom is -0.489 e. The van der Waals surface area contributed by atoms with Gasteiger partial charge in [-0.2, -0.15) is 0 Å². The van der Waals surface area contributed by atoms with Gasteiger partial charge in [-0.05, 0) is 41.7 Å². The van der Waals surface area contributed by atoms with Crippen molar-refractivity contribution in [1.29, 1.82) is 0 Å². The summed E-state index contributed by atoms with van der Waals surface area (Å²) in [5.74, 6) is 1.37. The fourth-order valence-corrected chi connectivity index (χ4v) is 3.17. The first-order valence-electron chi connectivity index (χ1n) is 8.19. The van der Waals surface area contributed by atoms with E-state index >= 15 is 0 Å². The molecule has 4 heteroatoms. The highest BCUT2D eigenvalue weighted by molar-refractivity contribution is 7.13. The number of nitrogens with zero attached hydrogens (tertiary/aromatic N) is 1. The van der Waals surface area contributed by atoms with E-state index in [1.807, 2.05) is 23.6 Å². The van der Waals surface area contributed by atoms with Gasteiger partial charge in [0.2, 0.25) is 0 Å². The number of aromatic nitrogens is 1. The second-order valence-electron chi connectivity index (χ2n) is 5.91. The van der Waals surface area contributed by atoms with Crippen molar-refractivity contribution < 1.29 is 4.74 Å². The molecule has 0 radical (unpaired) electrons. The molecule has 2 N–H and O–H groups in total. The second-order valence-corrected chi connectivity index (χ2v) is 6.80. The molecular weight excluding hydrogens is 316 g/mol. The summed E-state index contributed by atoms with van der Waals surface area (Å²) in [4.78, 5) is 4.39. The third-order valence-corrected chi connectivity index (χ3v) is 4.88. The van der Waals surface area contributed by atoms with Crippen LogP contribution in [0.1, 0.15) is 37.3 Å². The smallest absolute Gasteiger partial charge is 0.180 e. The number of benzene rings is 2. The zero-order chi connectivity index (χ0) is 16.9. The Morgan fingerprint density at radius 1 is 1.17 bits per heavy atom. The lowest BCUT2D eigenvalue weighted by Gasteiger charge is -2.17. The Labute approximate surface area is 147 Å². The van der Waals surface area contributed by atoms with Crippen molar-refractivity contribution in [2.24, 2.45) is 0 Å². The Morgan fingerprint density at radius 2 is 1.96 bits per heavy atom. The van der Waals surface area contributed by atoms with Crippen LogP contribution in [0.15, 0.2) is 53.9 Å². The van der Waals surface area contributed by atoms with Crippen molar-refractivity contribution in [3.05, 3.63) is 65.0 Å². The molecule has 0 aliphatic carbocycles. The molecule has 0 fully saturated rings. The fraction of sp³-hybridized carbons (Fsp3) is 0.250. The molecule has 1 aromatic heterocycles. The van der Waals surface area contributed by atoms with Crippen molar-refractivity contribution in [2.75, 3.05) is 5.73 Å². The van der Waals surface area contributed by atoms with E-state index < -0.39 is 0 Å². The molecule has 0 saturated carbocycles. The average Bonchev–Trinajstić information content (AvgIpc) is 3.06. The quantitative estimate of drug-likeness (QED) is 0.647. The second kappa shape index (κ2) is 7.49. The fourth-order valence-electron chi connectivity index (χ4n) is 2.60. The van der Waals surface area contributed by atoms with Gasteiger partial charge in [-0.15, -0.1) is 11.3 Å². The number of nitrogen functional groups attached to an aromatic ring is 1. The monoisotopic (exact) mass is 338 g/mol.